The molecule has 2 rings (SSSR count). The van der Waals surface area contributed by atoms with Crippen LogP contribution in [0.3, 0.4) is 0 Å². The van der Waals surface area contributed by atoms with Crippen LogP contribution in [0.5, 0.6) is 0 Å². The zero-order valence-electron chi connectivity index (χ0n) is 9.69. The van der Waals surface area contributed by atoms with Crippen LogP contribution in [0.4, 0.5) is 0 Å². The van der Waals surface area contributed by atoms with Gasteiger partial charge in [0.1, 0.15) is 0 Å². The highest BCUT2D eigenvalue weighted by molar-refractivity contribution is 5.70. The van der Waals surface area contributed by atoms with Crippen LogP contribution in [-0.4, -0.2) is 0 Å². The highest BCUT2D eigenvalue weighted by Gasteiger charge is 1.99. The van der Waals surface area contributed by atoms with E-state index in [2.05, 4.69) is 37.4 Å². The average Bonchev–Trinajstić information content (AvgIpc) is 2.39. The summed E-state index contributed by atoms with van der Waals surface area (Å²) < 4.78 is 0. The molecule has 0 aliphatic heterocycles. The zero-order valence-corrected chi connectivity index (χ0v) is 9.69. The standard InChI is InChI=1S/C16H15N/c1-3-13-5-4-6-16(11-13)15-9-7-14(8-10-15)12(2)17/h3-11H,1-2,17H2. The minimum atomic E-state index is 0.594. The molecule has 0 bridgehead atoms. The van der Waals surface area contributed by atoms with E-state index < -0.39 is 0 Å². The van der Waals surface area contributed by atoms with Gasteiger partial charge < -0.3 is 5.73 Å². The Hall–Kier alpha value is -2.28. The highest BCUT2D eigenvalue weighted by Crippen LogP contribution is 2.22. The fraction of sp³-hybridized carbons (Fsp3) is 0. The molecule has 0 radical (unpaired) electrons. The maximum Gasteiger partial charge on any atom is 0.0314 e. The number of hydrogen-bond donors (Lipinski definition) is 1. The summed E-state index contributed by atoms with van der Waals surface area (Å²) >= 11 is 0. The molecule has 0 aliphatic carbocycles. The molecule has 2 aromatic carbocycles. The third-order valence-corrected chi connectivity index (χ3v) is 2.71. The van der Waals surface area contributed by atoms with Crippen molar-refractivity contribution < 1.29 is 0 Å². The van der Waals surface area contributed by atoms with Crippen molar-refractivity contribution in [1.82, 2.24) is 0 Å². The minimum Gasteiger partial charge on any atom is -0.399 e. The normalized spacial score (nSPS) is 9.88. The Bertz CT molecular complexity index is 550. The van der Waals surface area contributed by atoms with Gasteiger partial charge in [0, 0.05) is 5.70 Å². The predicted octanol–water partition coefficient (Wildman–Crippen LogP) is 3.93. The molecule has 0 fully saturated rings. The second kappa shape index (κ2) is 4.71. The van der Waals surface area contributed by atoms with Crippen molar-refractivity contribution in [2.24, 2.45) is 5.73 Å². The number of hydrogen-bond acceptors (Lipinski definition) is 1. The van der Waals surface area contributed by atoms with Gasteiger partial charge >= 0.3 is 0 Å². The molecular formula is C16H15N. The van der Waals surface area contributed by atoms with Crippen LogP contribution in [0.1, 0.15) is 11.1 Å². The van der Waals surface area contributed by atoms with Gasteiger partial charge in [-0.1, -0.05) is 61.7 Å². The summed E-state index contributed by atoms with van der Waals surface area (Å²) in [6.45, 7) is 7.49. The van der Waals surface area contributed by atoms with E-state index in [-0.39, 0.29) is 0 Å². The van der Waals surface area contributed by atoms with Gasteiger partial charge in [-0.3, -0.25) is 0 Å². The molecule has 0 heterocycles. The lowest BCUT2D eigenvalue weighted by Gasteiger charge is -2.05. The molecule has 0 atom stereocenters. The summed E-state index contributed by atoms with van der Waals surface area (Å²) in [7, 11) is 0. The van der Waals surface area contributed by atoms with Crippen LogP contribution >= 0.6 is 0 Å². The summed E-state index contributed by atoms with van der Waals surface area (Å²) in [6, 6.07) is 16.3. The third kappa shape index (κ3) is 2.45. The lowest BCUT2D eigenvalue weighted by molar-refractivity contribution is 1.52. The maximum atomic E-state index is 5.64. The molecule has 1 nitrogen and oxygen atoms in total. The first-order valence-corrected chi connectivity index (χ1v) is 5.48. The Labute approximate surface area is 102 Å². The molecule has 0 unspecified atom stereocenters. The smallest absolute Gasteiger partial charge is 0.0314 e. The molecule has 17 heavy (non-hydrogen) atoms. The number of rotatable bonds is 3. The number of benzene rings is 2. The third-order valence-electron chi connectivity index (χ3n) is 2.71. The number of nitrogens with two attached hydrogens (primary N) is 1. The van der Waals surface area contributed by atoms with Gasteiger partial charge in [0.15, 0.2) is 0 Å². The summed E-state index contributed by atoms with van der Waals surface area (Å²) in [5, 5.41) is 0. The summed E-state index contributed by atoms with van der Waals surface area (Å²) in [4.78, 5) is 0. The van der Waals surface area contributed by atoms with E-state index in [0.717, 1.165) is 11.1 Å². The lowest BCUT2D eigenvalue weighted by atomic mass is 10.0. The largest absolute Gasteiger partial charge is 0.399 e. The molecule has 0 spiro atoms. The van der Waals surface area contributed by atoms with Gasteiger partial charge in [0.25, 0.3) is 0 Å². The SMILES string of the molecule is C=Cc1cccc(-c2ccc(C(=C)N)cc2)c1. The van der Waals surface area contributed by atoms with Crippen molar-refractivity contribution in [2.45, 2.75) is 0 Å². The molecule has 84 valence electrons. The minimum absolute atomic E-state index is 0.594. The van der Waals surface area contributed by atoms with Crippen molar-refractivity contribution in [3.63, 3.8) is 0 Å². The molecule has 0 saturated carbocycles. The monoisotopic (exact) mass is 221 g/mol. The van der Waals surface area contributed by atoms with Crippen molar-refractivity contribution in [3.8, 4) is 11.1 Å². The Morgan fingerprint density at radius 1 is 1.00 bits per heavy atom. The van der Waals surface area contributed by atoms with Gasteiger partial charge in [-0.15, -0.1) is 0 Å². The van der Waals surface area contributed by atoms with Gasteiger partial charge in [-0.25, -0.2) is 0 Å². The van der Waals surface area contributed by atoms with Crippen LogP contribution in [-0.2, 0) is 0 Å². The van der Waals surface area contributed by atoms with E-state index in [1.165, 1.54) is 11.1 Å². The van der Waals surface area contributed by atoms with Gasteiger partial charge in [-0.2, -0.15) is 0 Å². The van der Waals surface area contributed by atoms with Gasteiger partial charge in [0.2, 0.25) is 0 Å². The summed E-state index contributed by atoms with van der Waals surface area (Å²) in [5.74, 6) is 0. The molecule has 0 aromatic heterocycles. The van der Waals surface area contributed by atoms with E-state index in [4.69, 9.17) is 5.73 Å². The molecule has 0 amide bonds. The average molecular weight is 221 g/mol. The van der Waals surface area contributed by atoms with Crippen LogP contribution in [0.25, 0.3) is 22.9 Å². The van der Waals surface area contributed by atoms with Gasteiger partial charge in [-0.05, 0) is 28.3 Å². The van der Waals surface area contributed by atoms with E-state index in [0.29, 0.717) is 5.70 Å². The Morgan fingerprint density at radius 2 is 1.71 bits per heavy atom. The van der Waals surface area contributed by atoms with Crippen LogP contribution in [0.2, 0.25) is 0 Å². The summed E-state index contributed by atoms with van der Waals surface area (Å²) in [5.41, 5.74) is 10.7. The zero-order chi connectivity index (χ0) is 12.3. The van der Waals surface area contributed by atoms with Crippen molar-refractivity contribution in [3.05, 3.63) is 72.8 Å². The van der Waals surface area contributed by atoms with Gasteiger partial charge in [0.05, 0.1) is 0 Å². The van der Waals surface area contributed by atoms with E-state index in [1.807, 2.05) is 30.3 Å². The fourth-order valence-electron chi connectivity index (χ4n) is 1.72. The Balaban J connectivity index is 2.39. The first kappa shape index (κ1) is 11.2. The molecule has 2 N–H and O–H groups in total. The van der Waals surface area contributed by atoms with E-state index >= 15 is 0 Å². The first-order chi connectivity index (χ1) is 8.20. The maximum absolute atomic E-state index is 5.64. The lowest BCUT2D eigenvalue weighted by Crippen LogP contribution is -1.93. The van der Waals surface area contributed by atoms with Crippen LogP contribution in [0, 0.1) is 0 Å². The summed E-state index contributed by atoms with van der Waals surface area (Å²) in [6.07, 6.45) is 1.85. The van der Waals surface area contributed by atoms with Crippen LogP contribution in [0.15, 0.2) is 61.7 Å². The fourth-order valence-corrected chi connectivity index (χ4v) is 1.72. The predicted molar refractivity (Wildman–Crippen MR) is 75.2 cm³/mol. The second-order valence-electron chi connectivity index (χ2n) is 3.93. The van der Waals surface area contributed by atoms with E-state index in [1.54, 1.807) is 0 Å². The van der Waals surface area contributed by atoms with Crippen LogP contribution < -0.4 is 5.73 Å². The quantitative estimate of drug-likeness (QED) is 0.835. The van der Waals surface area contributed by atoms with Crippen molar-refractivity contribution in [1.29, 1.82) is 0 Å². The Kier molecular flexibility index (Phi) is 3.10. The van der Waals surface area contributed by atoms with Crippen molar-refractivity contribution >= 4 is 11.8 Å². The second-order valence-corrected chi connectivity index (χ2v) is 3.93. The van der Waals surface area contributed by atoms with Crippen molar-refractivity contribution in [2.75, 3.05) is 0 Å². The topological polar surface area (TPSA) is 26.0 Å². The molecule has 0 aliphatic rings. The molecule has 2 aromatic rings. The molecular weight excluding hydrogens is 206 g/mol. The molecule has 0 saturated heterocycles. The highest BCUT2D eigenvalue weighted by atomic mass is 14.6. The molecule has 1 heteroatoms. The Morgan fingerprint density at radius 3 is 2.29 bits per heavy atom. The van der Waals surface area contributed by atoms with E-state index in [9.17, 15) is 0 Å². The first-order valence-electron chi connectivity index (χ1n) is 5.48.